The number of benzene rings is 1. The van der Waals surface area contributed by atoms with Crippen molar-refractivity contribution in [2.24, 2.45) is 0 Å². The van der Waals surface area contributed by atoms with Crippen LogP contribution in [0.15, 0.2) is 36.5 Å². The Balaban J connectivity index is 1.51. The first-order valence-electron chi connectivity index (χ1n) is 9.94. The van der Waals surface area contributed by atoms with Crippen molar-refractivity contribution in [1.82, 2.24) is 24.6 Å². The molecule has 3 aromatic rings. The zero-order valence-electron chi connectivity index (χ0n) is 16.9. The van der Waals surface area contributed by atoms with E-state index >= 15 is 0 Å². The summed E-state index contributed by atoms with van der Waals surface area (Å²) in [5.74, 6) is -0.215. The summed E-state index contributed by atoms with van der Waals surface area (Å²) in [7, 11) is 0. The van der Waals surface area contributed by atoms with E-state index in [0.717, 1.165) is 0 Å². The number of aromatic nitrogens is 4. The van der Waals surface area contributed by atoms with Crippen molar-refractivity contribution in [3.05, 3.63) is 59.3 Å². The lowest BCUT2D eigenvalue weighted by Gasteiger charge is -2.45. The first-order chi connectivity index (χ1) is 15.4. The smallest absolute Gasteiger partial charge is 0.387 e. The number of amides is 1. The highest BCUT2D eigenvalue weighted by Gasteiger charge is 2.44. The Hall–Kier alpha value is -3.47. The highest BCUT2D eigenvalue weighted by Crippen LogP contribution is 2.36. The molecule has 1 aromatic carbocycles. The van der Waals surface area contributed by atoms with Crippen molar-refractivity contribution in [1.29, 1.82) is 0 Å². The topological polar surface area (TPSA) is 82.4 Å². The number of aryl methyl sites for hydroxylation is 1. The molecule has 5 rings (SSSR count). The Morgan fingerprint density at radius 3 is 2.91 bits per heavy atom. The van der Waals surface area contributed by atoms with Crippen LogP contribution >= 0.6 is 0 Å². The normalized spacial score (nSPS) is 19.7. The van der Waals surface area contributed by atoms with Crippen molar-refractivity contribution in [3.63, 3.8) is 0 Å². The van der Waals surface area contributed by atoms with Gasteiger partial charge in [-0.05, 0) is 24.6 Å². The van der Waals surface area contributed by atoms with E-state index in [0.29, 0.717) is 22.9 Å². The Kier molecular flexibility index (Phi) is 5.04. The van der Waals surface area contributed by atoms with Crippen LogP contribution < -0.4 is 4.74 Å². The van der Waals surface area contributed by atoms with Crippen molar-refractivity contribution in [2.45, 2.75) is 32.2 Å². The number of pyridine rings is 1. The number of halogens is 3. The molecule has 4 heterocycles. The number of ether oxygens (including phenoxy) is 2. The molecule has 2 aliphatic rings. The first-order valence-corrected chi connectivity index (χ1v) is 9.94. The average Bonchev–Trinajstić information content (AvgIpc) is 3.18. The van der Waals surface area contributed by atoms with Crippen molar-refractivity contribution >= 4 is 5.91 Å². The molecule has 0 radical (unpaired) electrons. The molecule has 32 heavy (non-hydrogen) atoms. The van der Waals surface area contributed by atoms with E-state index < -0.39 is 24.4 Å². The molecule has 2 atom stereocenters. The van der Waals surface area contributed by atoms with Gasteiger partial charge in [0.15, 0.2) is 11.6 Å². The minimum Gasteiger partial charge on any atom is -0.435 e. The van der Waals surface area contributed by atoms with Gasteiger partial charge in [-0.1, -0.05) is 12.1 Å². The maximum atomic E-state index is 14.6. The van der Waals surface area contributed by atoms with Crippen LogP contribution in [0.4, 0.5) is 13.2 Å². The second kappa shape index (κ2) is 7.90. The summed E-state index contributed by atoms with van der Waals surface area (Å²) >= 11 is 0. The molecule has 0 saturated carbocycles. The molecule has 1 saturated heterocycles. The maximum absolute atomic E-state index is 14.6. The lowest BCUT2D eigenvalue weighted by molar-refractivity contribution is -0.0571. The Morgan fingerprint density at radius 1 is 1.25 bits per heavy atom. The Morgan fingerprint density at radius 2 is 2.09 bits per heavy atom. The van der Waals surface area contributed by atoms with E-state index in [1.165, 1.54) is 24.4 Å². The number of nitrogens with zero attached hydrogens (tertiary/aromatic N) is 5. The molecule has 11 heteroatoms. The second-order valence-electron chi connectivity index (χ2n) is 7.60. The molecule has 2 bridgehead atoms. The van der Waals surface area contributed by atoms with Crippen molar-refractivity contribution < 1.29 is 27.4 Å². The minimum atomic E-state index is -2.96. The standard InChI is InChI=1S/C21H18F3N5O3/c1-11-3-2-4-14(17(11)22)20(30)29-12-8-28-18(26-27-19(28)16(29)10-31-9-12)15-7-13(5-6-25-15)32-21(23)24/h2-7,12,16,21H,8-10H2,1H3/t12-,16-/m1/s1. The highest BCUT2D eigenvalue weighted by atomic mass is 19.3. The molecule has 2 aromatic heterocycles. The van der Waals surface area contributed by atoms with E-state index in [2.05, 4.69) is 19.9 Å². The molecule has 0 spiro atoms. The fraction of sp³-hybridized carbons (Fsp3) is 0.333. The number of rotatable bonds is 4. The quantitative estimate of drug-likeness (QED) is 0.614. The molecule has 1 amide bonds. The molecule has 1 fully saturated rings. The van der Waals surface area contributed by atoms with Gasteiger partial charge in [0.05, 0.1) is 24.8 Å². The van der Waals surface area contributed by atoms with E-state index in [4.69, 9.17) is 4.74 Å². The molecule has 8 nitrogen and oxygen atoms in total. The summed E-state index contributed by atoms with van der Waals surface area (Å²) in [6.07, 6.45) is 1.35. The number of carbonyl (C=O) groups is 1. The van der Waals surface area contributed by atoms with Gasteiger partial charge in [-0.15, -0.1) is 10.2 Å². The van der Waals surface area contributed by atoms with E-state index in [1.54, 1.807) is 28.5 Å². The van der Waals surface area contributed by atoms with Gasteiger partial charge in [0, 0.05) is 18.8 Å². The second-order valence-corrected chi connectivity index (χ2v) is 7.60. The van der Waals surface area contributed by atoms with Gasteiger partial charge >= 0.3 is 6.61 Å². The number of morpholine rings is 1. The lowest BCUT2D eigenvalue weighted by Crippen LogP contribution is -2.56. The summed E-state index contributed by atoms with van der Waals surface area (Å²) < 4.78 is 51.7. The summed E-state index contributed by atoms with van der Waals surface area (Å²) in [5.41, 5.74) is 0.690. The van der Waals surface area contributed by atoms with Crippen LogP contribution in [0, 0.1) is 12.7 Å². The van der Waals surface area contributed by atoms with Crippen LogP contribution in [0.5, 0.6) is 5.75 Å². The molecular weight excluding hydrogens is 427 g/mol. The molecule has 0 unspecified atom stereocenters. The van der Waals surface area contributed by atoms with E-state index in [-0.39, 0.29) is 37.1 Å². The van der Waals surface area contributed by atoms with Crippen LogP contribution in [0.2, 0.25) is 0 Å². The number of hydrogen-bond donors (Lipinski definition) is 0. The van der Waals surface area contributed by atoms with Crippen LogP contribution in [-0.4, -0.2) is 56.4 Å². The SMILES string of the molecule is Cc1cccc(C(=O)N2[C@H]3COC[C@@H]2c2nnc(-c4cc(OC(F)F)ccn4)n2C3)c1F. The van der Waals surface area contributed by atoms with Gasteiger partial charge < -0.3 is 18.9 Å². The van der Waals surface area contributed by atoms with Crippen LogP contribution in [0.3, 0.4) is 0 Å². The summed E-state index contributed by atoms with van der Waals surface area (Å²) in [5, 5.41) is 8.41. The first kappa shape index (κ1) is 20.4. The van der Waals surface area contributed by atoms with E-state index in [9.17, 15) is 18.0 Å². The van der Waals surface area contributed by atoms with Crippen molar-refractivity contribution in [3.8, 4) is 17.3 Å². The van der Waals surface area contributed by atoms with Gasteiger partial charge in [-0.25, -0.2) is 4.39 Å². The zero-order chi connectivity index (χ0) is 22.4. The fourth-order valence-electron chi connectivity index (χ4n) is 4.18. The summed E-state index contributed by atoms with van der Waals surface area (Å²) in [4.78, 5) is 19.1. The molecular formula is C21H18F3N5O3. The van der Waals surface area contributed by atoms with Crippen molar-refractivity contribution in [2.75, 3.05) is 13.2 Å². The van der Waals surface area contributed by atoms with Gasteiger partial charge in [-0.2, -0.15) is 8.78 Å². The number of hydrogen-bond acceptors (Lipinski definition) is 6. The largest absolute Gasteiger partial charge is 0.435 e. The molecule has 166 valence electrons. The Bertz CT molecular complexity index is 1190. The van der Waals surface area contributed by atoms with Crippen LogP contribution in [-0.2, 0) is 11.3 Å². The van der Waals surface area contributed by atoms with Gasteiger partial charge in [0.25, 0.3) is 5.91 Å². The lowest BCUT2D eigenvalue weighted by atomic mass is 10.0. The predicted octanol–water partition coefficient (Wildman–Crippen LogP) is 2.98. The molecule has 2 aliphatic heterocycles. The van der Waals surface area contributed by atoms with Gasteiger partial charge in [0.1, 0.15) is 23.3 Å². The summed E-state index contributed by atoms with van der Waals surface area (Å²) in [6, 6.07) is 6.43. The minimum absolute atomic E-state index is 0.00592. The third-order valence-electron chi connectivity index (χ3n) is 5.63. The van der Waals surface area contributed by atoms with Gasteiger partial charge in [0.2, 0.25) is 0 Å². The third-order valence-corrected chi connectivity index (χ3v) is 5.63. The number of alkyl halides is 2. The third kappa shape index (κ3) is 3.38. The molecule has 0 aliphatic carbocycles. The van der Waals surface area contributed by atoms with Crippen LogP contribution in [0.1, 0.15) is 27.8 Å². The average molecular weight is 445 g/mol. The Labute approximate surface area is 180 Å². The number of carbonyl (C=O) groups excluding carboxylic acids is 1. The monoisotopic (exact) mass is 445 g/mol. The predicted molar refractivity (Wildman–Crippen MR) is 105 cm³/mol. The maximum Gasteiger partial charge on any atom is 0.387 e. The zero-order valence-corrected chi connectivity index (χ0v) is 16.9. The number of fused-ring (bicyclic) bond motifs is 4. The van der Waals surface area contributed by atoms with E-state index in [1.807, 2.05) is 0 Å². The highest BCUT2D eigenvalue weighted by molar-refractivity contribution is 5.95. The fourth-order valence-corrected chi connectivity index (χ4v) is 4.18. The van der Waals surface area contributed by atoms with Crippen LogP contribution in [0.25, 0.3) is 11.5 Å². The van der Waals surface area contributed by atoms with Gasteiger partial charge in [-0.3, -0.25) is 9.78 Å². The summed E-state index contributed by atoms with van der Waals surface area (Å²) in [6.45, 7) is -0.636. The molecule has 0 N–H and O–H groups in total.